The van der Waals surface area contributed by atoms with Crippen molar-refractivity contribution in [3.8, 4) is 11.5 Å². The van der Waals surface area contributed by atoms with Gasteiger partial charge in [0.2, 0.25) is 5.91 Å². The van der Waals surface area contributed by atoms with Gasteiger partial charge in [0.05, 0.1) is 19.8 Å². The van der Waals surface area contributed by atoms with Crippen molar-refractivity contribution in [2.24, 2.45) is 5.92 Å². The van der Waals surface area contributed by atoms with Crippen LogP contribution in [0, 0.1) is 5.92 Å². The maximum absolute atomic E-state index is 12.5. The zero-order chi connectivity index (χ0) is 18.2. The van der Waals surface area contributed by atoms with E-state index in [1.54, 1.807) is 18.2 Å². The van der Waals surface area contributed by atoms with E-state index in [0.29, 0.717) is 23.7 Å². The van der Waals surface area contributed by atoms with Gasteiger partial charge in [-0.3, -0.25) is 4.79 Å². The van der Waals surface area contributed by atoms with Gasteiger partial charge in [-0.1, -0.05) is 25.3 Å². The van der Waals surface area contributed by atoms with Crippen molar-refractivity contribution in [2.75, 3.05) is 13.7 Å². The average Bonchev–Trinajstić information content (AvgIpc) is 2.62. The van der Waals surface area contributed by atoms with Crippen molar-refractivity contribution >= 4 is 11.9 Å². The normalized spacial score (nSPS) is 16.1. The van der Waals surface area contributed by atoms with Crippen LogP contribution >= 0.6 is 0 Å². The molecule has 0 heterocycles. The Balaban J connectivity index is 2.18. The molecular formula is C19H26NO5-. The third-order valence-corrected chi connectivity index (χ3v) is 4.55. The van der Waals surface area contributed by atoms with Gasteiger partial charge in [0.25, 0.3) is 0 Å². The van der Waals surface area contributed by atoms with Gasteiger partial charge in [-0.05, 0) is 37.5 Å². The lowest BCUT2D eigenvalue weighted by atomic mass is 9.88. The van der Waals surface area contributed by atoms with Gasteiger partial charge in [-0.2, -0.15) is 0 Å². The molecule has 0 bridgehead atoms. The number of carboxylic acids is 1. The quantitative estimate of drug-likeness (QED) is 0.776. The molecule has 1 atom stereocenters. The summed E-state index contributed by atoms with van der Waals surface area (Å²) in [5.41, 5.74) is 0.661. The smallest absolute Gasteiger partial charge is 0.223 e. The van der Waals surface area contributed by atoms with Gasteiger partial charge in [0, 0.05) is 18.3 Å². The first-order chi connectivity index (χ1) is 12.0. The van der Waals surface area contributed by atoms with Gasteiger partial charge < -0.3 is 24.7 Å². The van der Waals surface area contributed by atoms with Gasteiger partial charge >= 0.3 is 0 Å². The third-order valence-electron chi connectivity index (χ3n) is 4.55. The number of hydrogen-bond donors (Lipinski definition) is 1. The van der Waals surface area contributed by atoms with E-state index in [4.69, 9.17) is 9.47 Å². The second kappa shape index (κ2) is 9.30. The summed E-state index contributed by atoms with van der Waals surface area (Å²) in [6, 6.07) is 4.54. The van der Waals surface area contributed by atoms with Crippen LogP contribution in [0.3, 0.4) is 0 Å². The minimum Gasteiger partial charge on any atom is -0.550 e. The summed E-state index contributed by atoms with van der Waals surface area (Å²) >= 11 is 0. The number of benzene rings is 1. The first-order valence-corrected chi connectivity index (χ1v) is 8.86. The lowest BCUT2D eigenvalue weighted by molar-refractivity contribution is -0.306. The fourth-order valence-electron chi connectivity index (χ4n) is 3.25. The van der Waals surface area contributed by atoms with E-state index in [0.717, 1.165) is 32.1 Å². The van der Waals surface area contributed by atoms with E-state index in [1.807, 2.05) is 6.92 Å². The Morgan fingerprint density at radius 3 is 2.56 bits per heavy atom. The van der Waals surface area contributed by atoms with Crippen molar-refractivity contribution in [3.63, 3.8) is 0 Å². The SMILES string of the molecule is CCOc1ccc([C@@H](CC(=O)[O-])NC(=O)C2CCCCC2)cc1OC. The second-order valence-corrected chi connectivity index (χ2v) is 6.32. The monoisotopic (exact) mass is 348 g/mol. The second-order valence-electron chi connectivity index (χ2n) is 6.32. The molecule has 1 aliphatic rings. The molecule has 1 aromatic carbocycles. The van der Waals surface area contributed by atoms with E-state index in [9.17, 15) is 14.7 Å². The zero-order valence-corrected chi connectivity index (χ0v) is 14.9. The molecule has 0 aromatic heterocycles. The Hall–Kier alpha value is -2.24. The van der Waals surface area contributed by atoms with Crippen LogP contribution in [0.4, 0.5) is 0 Å². The molecule has 25 heavy (non-hydrogen) atoms. The Labute approximate surface area is 148 Å². The highest BCUT2D eigenvalue weighted by molar-refractivity contribution is 5.80. The molecule has 138 valence electrons. The van der Waals surface area contributed by atoms with Crippen LogP contribution in [0.1, 0.15) is 57.1 Å². The molecule has 6 heteroatoms. The summed E-state index contributed by atoms with van der Waals surface area (Å²) in [7, 11) is 1.52. The standard InChI is InChI=1S/C19H27NO5/c1-3-25-16-10-9-14(11-17(16)24-2)15(12-18(21)22)20-19(23)13-7-5-4-6-8-13/h9-11,13,15H,3-8,12H2,1-2H3,(H,20,23)(H,21,22)/p-1/t15-/m1/s1. The summed E-state index contributed by atoms with van der Waals surface area (Å²) in [6.07, 6.45) is 4.67. The number of hydrogen-bond acceptors (Lipinski definition) is 5. The van der Waals surface area contributed by atoms with Crippen molar-refractivity contribution in [2.45, 2.75) is 51.5 Å². The molecule has 0 radical (unpaired) electrons. The summed E-state index contributed by atoms with van der Waals surface area (Å²) in [6.45, 7) is 2.37. The van der Waals surface area contributed by atoms with Gasteiger partial charge in [0.15, 0.2) is 11.5 Å². The number of rotatable bonds is 8. The Morgan fingerprint density at radius 2 is 1.96 bits per heavy atom. The highest BCUT2D eigenvalue weighted by Crippen LogP contribution is 2.32. The lowest BCUT2D eigenvalue weighted by Gasteiger charge is -2.26. The predicted molar refractivity (Wildman–Crippen MR) is 91.2 cm³/mol. The van der Waals surface area contributed by atoms with E-state index < -0.39 is 12.0 Å². The Kier molecular flexibility index (Phi) is 7.10. The van der Waals surface area contributed by atoms with E-state index in [-0.39, 0.29) is 18.2 Å². The van der Waals surface area contributed by atoms with Crippen molar-refractivity contribution in [1.82, 2.24) is 5.32 Å². The van der Waals surface area contributed by atoms with Crippen LogP contribution in [-0.2, 0) is 9.59 Å². The molecule has 2 rings (SSSR count). The Morgan fingerprint density at radius 1 is 1.24 bits per heavy atom. The first-order valence-electron chi connectivity index (χ1n) is 8.86. The molecule has 0 unspecified atom stereocenters. The maximum Gasteiger partial charge on any atom is 0.223 e. The minimum atomic E-state index is -1.21. The molecule has 1 fully saturated rings. The molecule has 1 aromatic rings. The summed E-state index contributed by atoms with van der Waals surface area (Å²) < 4.78 is 10.8. The molecular weight excluding hydrogens is 322 g/mol. The van der Waals surface area contributed by atoms with Gasteiger partial charge in [-0.25, -0.2) is 0 Å². The predicted octanol–water partition coefficient (Wildman–Crippen LogP) is 1.97. The maximum atomic E-state index is 12.5. The topological polar surface area (TPSA) is 87.7 Å². The van der Waals surface area contributed by atoms with Crippen molar-refractivity contribution in [3.05, 3.63) is 23.8 Å². The number of methoxy groups -OCH3 is 1. The molecule has 0 spiro atoms. The van der Waals surface area contributed by atoms with E-state index in [1.165, 1.54) is 7.11 Å². The van der Waals surface area contributed by atoms with Crippen LogP contribution in [0.15, 0.2) is 18.2 Å². The molecule has 0 saturated heterocycles. The third kappa shape index (κ3) is 5.37. The van der Waals surface area contributed by atoms with E-state index >= 15 is 0 Å². The molecule has 1 aliphatic carbocycles. The fraction of sp³-hybridized carbons (Fsp3) is 0.579. The number of carbonyl (C=O) groups excluding carboxylic acids is 2. The number of nitrogens with one attached hydrogen (secondary N) is 1. The first kappa shape index (κ1) is 19.1. The number of carboxylic acid groups (broad SMARTS) is 1. The molecule has 0 aliphatic heterocycles. The molecule has 6 nitrogen and oxygen atoms in total. The average molecular weight is 348 g/mol. The minimum absolute atomic E-state index is 0.0393. The van der Waals surface area contributed by atoms with Crippen LogP contribution in [0.2, 0.25) is 0 Å². The van der Waals surface area contributed by atoms with Crippen LogP contribution < -0.4 is 19.9 Å². The van der Waals surface area contributed by atoms with Crippen LogP contribution in [0.5, 0.6) is 11.5 Å². The largest absolute Gasteiger partial charge is 0.550 e. The Bertz CT molecular complexity index is 595. The number of aliphatic carboxylic acids is 1. The van der Waals surface area contributed by atoms with Crippen LogP contribution in [-0.4, -0.2) is 25.6 Å². The zero-order valence-electron chi connectivity index (χ0n) is 14.9. The summed E-state index contributed by atoms with van der Waals surface area (Å²) in [4.78, 5) is 23.7. The summed E-state index contributed by atoms with van der Waals surface area (Å²) in [5, 5.41) is 14.0. The molecule has 1 saturated carbocycles. The van der Waals surface area contributed by atoms with Crippen LogP contribution in [0.25, 0.3) is 0 Å². The highest BCUT2D eigenvalue weighted by atomic mass is 16.5. The van der Waals surface area contributed by atoms with Gasteiger partial charge in [0.1, 0.15) is 0 Å². The summed E-state index contributed by atoms with van der Waals surface area (Å²) in [5.74, 6) is -0.239. The van der Waals surface area contributed by atoms with Crippen molar-refractivity contribution in [1.29, 1.82) is 0 Å². The number of ether oxygens (including phenoxy) is 2. The fourth-order valence-corrected chi connectivity index (χ4v) is 3.25. The number of carbonyl (C=O) groups is 2. The van der Waals surface area contributed by atoms with Crippen molar-refractivity contribution < 1.29 is 24.2 Å². The highest BCUT2D eigenvalue weighted by Gasteiger charge is 2.24. The lowest BCUT2D eigenvalue weighted by Crippen LogP contribution is -2.38. The van der Waals surface area contributed by atoms with E-state index in [2.05, 4.69) is 5.32 Å². The number of amides is 1. The molecule has 1 amide bonds. The van der Waals surface area contributed by atoms with Gasteiger partial charge in [-0.15, -0.1) is 0 Å². The molecule has 1 N–H and O–H groups in total.